The summed E-state index contributed by atoms with van der Waals surface area (Å²) in [6, 6.07) is 2.04. The Bertz CT molecular complexity index is 383. The van der Waals surface area contributed by atoms with Gasteiger partial charge in [0.15, 0.2) is 0 Å². The van der Waals surface area contributed by atoms with E-state index in [4.69, 9.17) is 5.73 Å². The van der Waals surface area contributed by atoms with Crippen LogP contribution in [0.1, 0.15) is 44.0 Å². The molecule has 2 rings (SSSR count). The van der Waals surface area contributed by atoms with E-state index < -0.39 is 0 Å². The van der Waals surface area contributed by atoms with Crippen molar-refractivity contribution in [2.75, 3.05) is 11.9 Å². The lowest BCUT2D eigenvalue weighted by Gasteiger charge is -2.16. The minimum Gasteiger partial charge on any atom is -0.347 e. The number of anilines is 1. The van der Waals surface area contributed by atoms with Crippen molar-refractivity contribution in [1.82, 2.24) is 9.97 Å². The number of aryl methyl sites for hydroxylation is 1. The lowest BCUT2D eigenvalue weighted by molar-refractivity contribution is 0.722. The van der Waals surface area contributed by atoms with Crippen LogP contribution in [0.15, 0.2) is 6.07 Å². The van der Waals surface area contributed by atoms with Crippen LogP contribution in [-0.4, -0.2) is 22.1 Å². The van der Waals surface area contributed by atoms with Crippen molar-refractivity contribution in [3.8, 4) is 0 Å². The third-order valence-electron chi connectivity index (χ3n) is 3.09. The normalized spacial score (nSPS) is 17.6. The molecule has 88 valence electrons. The first-order valence-electron chi connectivity index (χ1n) is 5.88. The summed E-state index contributed by atoms with van der Waals surface area (Å²) in [4.78, 5) is 8.94. The van der Waals surface area contributed by atoms with Gasteiger partial charge in [0.25, 0.3) is 0 Å². The summed E-state index contributed by atoms with van der Waals surface area (Å²) in [6.45, 7) is 6.94. The Labute approximate surface area is 96.7 Å². The van der Waals surface area contributed by atoms with E-state index in [0.717, 1.165) is 30.2 Å². The van der Waals surface area contributed by atoms with E-state index in [1.807, 2.05) is 13.0 Å². The summed E-state index contributed by atoms with van der Waals surface area (Å²) < 4.78 is 0. The summed E-state index contributed by atoms with van der Waals surface area (Å²) in [5.74, 6) is 1.15. The molecule has 16 heavy (non-hydrogen) atoms. The topological polar surface area (TPSA) is 63.8 Å². The van der Waals surface area contributed by atoms with Crippen molar-refractivity contribution >= 4 is 5.95 Å². The molecule has 0 saturated heterocycles. The first-order chi connectivity index (χ1) is 7.54. The van der Waals surface area contributed by atoms with Crippen molar-refractivity contribution < 1.29 is 0 Å². The Kier molecular flexibility index (Phi) is 2.84. The first-order valence-corrected chi connectivity index (χ1v) is 5.88. The van der Waals surface area contributed by atoms with Gasteiger partial charge in [-0.05, 0) is 31.7 Å². The van der Waals surface area contributed by atoms with Crippen molar-refractivity contribution in [2.45, 2.75) is 45.1 Å². The second-order valence-corrected chi connectivity index (χ2v) is 5.02. The van der Waals surface area contributed by atoms with Gasteiger partial charge in [-0.15, -0.1) is 0 Å². The van der Waals surface area contributed by atoms with Gasteiger partial charge in [-0.2, -0.15) is 0 Å². The quantitative estimate of drug-likeness (QED) is 0.812. The van der Waals surface area contributed by atoms with Crippen LogP contribution in [0.5, 0.6) is 0 Å². The molecule has 0 atom stereocenters. The average Bonchev–Trinajstić information content (AvgIpc) is 2.97. The van der Waals surface area contributed by atoms with Crippen LogP contribution in [0.25, 0.3) is 0 Å². The van der Waals surface area contributed by atoms with Crippen LogP contribution in [0.4, 0.5) is 5.95 Å². The SMILES string of the molecule is Cc1cc(C(C)C)nc(NC2(CN)CC2)n1. The second kappa shape index (κ2) is 4.01. The molecule has 0 spiro atoms. The summed E-state index contributed by atoms with van der Waals surface area (Å²) in [6.07, 6.45) is 2.25. The zero-order valence-corrected chi connectivity index (χ0v) is 10.2. The smallest absolute Gasteiger partial charge is 0.223 e. The summed E-state index contributed by atoms with van der Waals surface area (Å²) in [7, 11) is 0. The highest BCUT2D eigenvalue weighted by Crippen LogP contribution is 2.37. The first kappa shape index (κ1) is 11.3. The van der Waals surface area contributed by atoms with E-state index in [1.54, 1.807) is 0 Å². The molecule has 3 N–H and O–H groups in total. The summed E-state index contributed by atoms with van der Waals surface area (Å²) in [5.41, 5.74) is 7.90. The van der Waals surface area contributed by atoms with Crippen LogP contribution < -0.4 is 11.1 Å². The number of hydrogen-bond acceptors (Lipinski definition) is 4. The Morgan fingerprint density at radius 3 is 2.62 bits per heavy atom. The largest absolute Gasteiger partial charge is 0.347 e. The van der Waals surface area contributed by atoms with Gasteiger partial charge in [0, 0.05) is 17.9 Å². The van der Waals surface area contributed by atoms with Crippen molar-refractivity contribution in [3.05, 3.63) is 17.5 Å². The molecule has 0 unspecified atom stereocenters. The number of hydrogen-bond donors (Lipinski definition) is 2. The molecule has 0 aromatic carbocycles. The molecule has 1 heterocycles. The number of nitrogens with zero attached hydrogens (tertiary/aromatic N) is 2. The lowest BCUT2D eigenvalue weighted by atomic mass is 10.1. The minimum absolute atomic E-state index is 0.0715. The third kappa shape index (κ3) is 2.32. The van der Waals surface area contributed by atoms with Crippen LogP contribution >= 0.6 is 0 Å². The fourth-order valence-corrected chi connectivity index (χ4v) is 1.71. The zero-order chi connectivity index (χ0) is 11.8. The van der Waals surface area contributed by atoms with E-state index in [9.17, 15) is 0 Å². The molecule has 1 aliphatic rings. The van der Waals surface area contributed by atoms with Crippen molar-refractivity contribution in [3.63, 3.8) is 0 Å². The van der Waals surface area contributed by atoms with E-state index in [0.29, 0.717) is 12.5 Å². The molecule has 1 aliphatic carbocycles. The molecule has 1 saturated carbocycles. The van der Waals surface area contributed by atoms with Crippen molar-refractivity contribution in [2.24, 2.45) is 5.73 Å². The van der Waals surface area contributed by atoms with E-state index in [1.165, 1.54) is 0 Å². The fraction of sp³-hybridized carbons (Fsp3) is 0.667. The van der Waals surface area contributed by atoms with E-state index in [2.05, 4.69) is 29.1 Å². The average molecular weight is 220 g/mol. The van der Waals surface area contributed by atoms with Gasteiger partial charge in [-0.1, -0.05) is 13.8 Å². The third-order valence-corrected chi connectivity index (χ3v) is 3.09. The van der Waals surface area contributed by atoms with Gasteiger partial charge in [0.2, 0.25) is 5.95 Å². The van der Waals surface area contributed by atoms with Crippen LogP contribution in [0, 0.1) is 6.92 Å². The highest BCUT2D eigenvalue weighted by Gasteiger charge is 2.41. The molecule has 0 radical (unpaired) electrons. The summed E-state index contributed by atoms with van der Waals surface area (Å²) >= 11 is 0. The van der Waals surface area contributed by atoms with Crippen LogP contribution in [0.3, 0.4) is 0 Å². The predicted octanol–water partition coefficient (Wildman–Crippen LogP) is 1.81. The molecule has 1 aromatic rings. The number of rotatable bonds is 4. The monoisotopic (exact) mass is 220 g/mol. The van der Waals surface area contributed by atoms with Crippen molar-refractivity contribution in [1.29, 1.82) is 0 Å². The molecule has 0 amide bonds. The standard InChI is InChI=1S/C12H20N4/c1-8(2)10-6-9(3)14-11(15-10)16-12(7-13)4-5-12/h6,8H,4-5,7,13H2,1-3H3,(H,14,15,16). The van der Waals surface area contributed by atoms with Gasteiger partial charge < -0.3 is 11.1 Å². The van der Waals surface area contributed by atoms with E-state index in [-0.39, 0.29) is 5.54 Å². The molecule has 4 heteroatoms. The van der Waals surface area contributed by atoms with Gasteiger partial charge >= 0.3 is 0 Å². The second-order valence-electron chi connectivity index (χ2n) is 5.02. The maximum absolute atomic E-state index is 5.73. The highest BCUT2D eigenvalue weighted by molar-refractivity contribution is 5.36. The van der Waals surface area contributed by atoms with Crippen LogP contribution in [0.2, 0.25) is 0 Å². The molecule has 0 bridgehead atoms. The number of nitrogens with one attached hydrogen (secondary N) is 1. The number of aromatic nitrogens is 2. The lowest BCUT2D eigenvalue weighted by Crippen LogP contribution is -2.31. The summed E-state index contributed by atoms with van der Waals surface area (Å²) in [5, 5.41) is 3.37. The Balaban J connectivity index is 2.21. The molecule has 0 aliphatic heterocycles. The zero-order valence-electron chi connectivity index (χ0n) is 10.2. The number of nitrogens with two attached hydrogens (primary N) is 1. The van der Waals surface area contributed by atoms with Gasteiger partial charge in [-0.25, -0.2) is 9.97 Å². The Hall–Kier alpha value is -1.16. The molecular weight excluding hydrogens is 200 g/mol. The van der Waals surface area contributed by atoms with Gasteiger partial charge in [0.1, 0.15) is 0 Å². The molecule has 1 fully saturated rings. The van der Waals surface area contributed by atoms with Gasteiger partial charge in [0.05, 0.1) is 5.54 Å². The maximum atomic E-state index is 5.73. The molecular formula is C12H20N4. The Morgan fingerprint density at radius 2 is 2.12 bits per heavy atom. The predicted molar refractivity (Wildman–Crippen MR) is 65.5 cm³/mol. The maximum Gasteiger partial charge on any atom is 0.223 e. The van der Waals surface area contributed by atoms with Gasteiger partial charge in [-0.3, -0.25) is 0 Å². The Morgan fingerprint density at radius 1 is 1.44 bits per heavy atom. The highest BCUT2D eigenvalue weighted by atomic mass is 15.2. The fourth-order valence-electron chi connectivity index (χ4n) is 1.71. The molecule has 1 aromatic heterocycles. The van der Waals surface area contributed by atoms with E-state index >= 15 is 0 Å². The van der Waals surface area contributed by atoms with Crippen LogP contribution in [-0.2, 0) is 0 Å². The minimum atomic E-state index is 0.0715. The molecule has 4 nitrogen and oxygen atoms in total.